The summed E-state index contributed by atoms with van der Waals surface area (Å²) in [5.74, 6) is 0.597. The van der Waals surface area contributed by atoms with Crippen LogP contribution in [0.4, 0.5) is 10.1 Å². The summed E-state index contributed by atoms with van der Waals surface area (Å²) >= 11 is 0. The fraction of sp³-hybridized carbons (Fsp3) is 0.625. The summed E-state index contributed by atoms with van der Waals surface area (Å²) in [5.41, 5.74) is 8.78. The van der Waals surface area contributed by atoms with Crippen LogP contribution in [0.15, 0.2) is 12.1 Å². The molecular formula is C16H25FN2. The molecule has 0 bridgehead atoms. The molecule has 1 aliphatic heterocycles. The first-order chi connectivity index (χ1) is 9.02. The van der Waals surface area contributed by atoms with Crippen LogP contribution in [0.2, 0.25) is 0 Å². The summed E-state index contributed by atoms with van der Waals surface area (Å²) in [4.78, 5) is 2.39. The van der Waals surface area contributed by atoms with Gasteiger partial charge in [-0.3, -0.25) is 0 Å². The molecular weight excluding hydrogens is 239 g/mol. The molecule has 1 unspecified atom stereocenters. The van der Waals surface area contributed by atoms with Crippen molar-refractivity contribution < 1.29 is 4.39 Å². The molecule has 1 fully saturated rings. The van der Waals surface area contributed by atoms with E-state index in [2.05, 4.69) is 11.8 Å². The molecule has 2 nitrogen and oxygen atoms in total. The van der Waals surface area contributed by atoms with Crippen molar-refractivity contribution >= 4 is 5.69 Å². The van der Waals surface area contributed by atoms with E-state index in [9.17, 15) is 4.39 Å². The van der Waals surface area contributed by atoms with E-state index in [-0.39, 0.29) is 11.9 Å². The van der Waals surface area contributed by atoms with E-state index in [1.54, 1.807) is 6.07 Å². The number of hydrogen-bond donors (Lipinski definition) is 1. The van der Waals surface area contributed by atoms with E-state index in [0.29, 0.717) is 5.56 Å². The minimum Gasteiger partial charge on any atom is -0.371 e. The molecule has 0 amide bonds. The second-order valence-corrected chi connectivity index (χ2v) is 5.81. The number of halogens is 1. The van der Waals surface area contributed by atoms with Crippen molar-refractivity contribution in [3.05, 3.63) is 29.1 Å². The quantitative estimate of drug-likeness (QED) is 0.900. The highest BCUT2D eigenvalue weighted by molar-refractivity contribution is 5.57. The van der Waals surface area contributed by atoms with Gasteiger partial charge in [0.05, 0.1) is 0 Å². The Morgan fingerprint density at radius 1 is 1.47 bits per heavy atom. The molecule has 1 saturated heterocycles. The van der Waals surface area contributed by atoms with Gasteiger partial charge in [0.2, 0.25) is 0 Å². The first-order valence-electron chi connectivity index (χ1n) is 7.33. The number of anilines is 1. The van der Waals surface area contributed by atoms with Gasteiger partial charge in [-0.15, -0.1) is 0 Å². The van der Waals surface area contributed by atoms with Crippen molar-refractivity contribution in [3.63, 3.8) is 0 Å². The third kappa shape index (κ3) is 3.08. The van der Waals surface area contributed by atoms with Gasteiger partial charge in [0.25, 0.3) is 0 Å². The predicted octanol–water partition coefficient (Wildman–Crippen LogP) is 3.78. The molecule has 2 atom stereocenters. The number of piperidine rings is 1. The van der Waals surface area contributed by atoms with Crippen molar-refractivity contribution in [2.45, 2.75) is 46.1 Å². The molecule has 0 aromatic heterocycles. The van der Waals surface area contributed by atoms with Crippen molar-refractivity contribution in [1.29, 1.82) is 0 Å². The molecule has 0 saturated carbocycles. The Bertz CT molecular complexity index is 443. The zero-order valence-corrected chi connectivity index (χ0v) is 12.2. The Morgan fingerprint density at radius 2 is 2.21 bits per heavy atom. The lowest BCUT2D eigenvalue weighted by Gasteiger charge is -2.36. The highest BCUT2D eigenvalue weighted by Crippen LogP contribution is 2.32. The maximum absolute atomic E-state index is 13.8. The summed E-state index contributed by atoms with van der Waals surface area (Å²) in [7, 11) is 0. The lowest BCUT2D eigenvalue weighted by atomic mass is 9.93. The third-order valence-electron chi connectivity index (χ3n) is 4.24. The number of hydrogen-bond acceptors (Lipinski definition) is 2. The minimum atomic E-state index is -0.153. The molecule has 1 heterocycles. The number of benzene rings is 1. The van der Waals surface area contributed by atoms with E-state index in [4.69, 9.17) is 5.73 Å². The first kappa shape index (κ1) is 14.3. The average Bonchev–Trinajstić information content (AvgIpc) is 2.41. The number of nitrogens with zero attached hydrogens (tertiary/aromatic N) is 1. The van der Waals surface area contributed by atoms with Gasteiger partial charge in [-0.25, -0.2) is 4.39 Å². The second-order valence-electron chi connectivity index (χ2n) is 5.81. The minimum absolute atomic E-state index is 0.132. The molecule has 0 spiro atoms. The van der Waals surface area contributed by atoms with Crippen LogP contribution in [0.5, 0.6) is 0 Å². The number of nitrogens with two attached hydrogens (primary N) is 1. The smallest absolute Gasteiger partial charge is 0.126 e. The highest BCUT2D eigenvalue weighted by atomic mass is 19.1. The topological polar surface area (TPSA) is 29.3 Å². The Kier molecular flexibility index (Phi) is 4.46. The first-order valence-corrected chi connectivity index (χ1v) is 7.33. The van der Waals surface area contributed by atoms with E-state index in [0.717, 1.165) is 30.3 Å². The Morgan fingerprint density at radius 3 is 2.84 bits per heavy atom. The van der Waals surface area contributed by atoms with Gasteiger partial charge in [0, 0.05) is 24.8 Å². The molecule has 2 rings (SSSR count). The molecule has 1 aliphatic rings. The zero-order chi connectivity index (χ0) is 14.0. The lowest BCUT2D eigenvalue weighted by molar-refractivity contribution is 0.404. The van der Waals surface area contributed by atoms with Crippen LogP contribution in [0.3, 0.4) is 0 Å². The van der Waals surface area contributed by atoms with Crippen LogP contribution >= 0.6 is 0 Å². The van der Waals surface area contributed by atoms with Crippen molar-refractivity contribution in [2.75, 3.05) is 18.0 Å². The Hall–Kier alpha value is -1.09. The highest BCUT2D eigenvalue weighted by Gasteiger charge is 2.22. The van der Waals surface area contributed by atoms with Crippen molar-refractivity contribution in [1.82, 2.24) is 0 Å². The standard InChI is InChI=1S/C16H25FN2/c1-4-13-6-5-7-19(10-13)16-8-11(2)15(17)9-14(16)12(3)18/h8-9,12-13H,4-7,10,18H2,1-3H3/t12-,13?/m1/s1. The van der Waals surface area contributed by atoms with Crippen LogP contribution in [0.1, 0.15) is 50.3 Å². The van der Waals surface area contributed by atoms with E-state index in [1.165, 1.54) is 19.3 Å². The molecule has 106 valence electrons. The SMILES string of the molecule is CCC1CCCN(c2cc(C)c(F)cc2[C@@H](C)N)C1. The summed E-state index contributed by atoms with van der Waals surface area (Å²) in [5, 5.41) is 0. The van der Waals surface area contributed by atoms with Crippen LogP contribution in [0.25, 0.3) is 0 Å². The van der Waals surface area contributed by atoms with Gasteiger partial charge in [-0.1, -0.05) is 13.3 Å². The average molecular weight is 264 g/mol. The van der Waals surface area contributed by atoms with Gasteiger partial charge >= 0.3 is 0 Å². The Balaban J connectivity index is 2.34. The Labute approximate surface area is 115 Å². The second kappa shape index (κ2) is 5.91. The third-order valence-corrected chi connectivity index (χ3v) is 4.24. The monoisotopic (exact) mass is 264 g/mol. The molecule has 1 aromatic rings. The fourth-order valence-corrected chi connectivity index (χ4v) is 2.94. The van der Waals surface area contributed by atoms with E-state index >= 15 is 0 Å². The van der Waals surface area contributed by atoms with E-state index in [1.807, 2.05) is 19.9 Å². The van der Waals surface area contributed by atoms with Gasteiger partial charge < -0.3 is 10.6 Å². The van der Waals surface area contributed by atoms with Crippen LogP contribution in [-0.2, 0) is 0 Å². The fourth-order valence-electron chi connectivity index (χ4n) is 2.94. The maximum Gasteiger partial charge on any atom is 0.126 e. The largest absolute Gasteiger partial charge is 0.371 e. The molecule has 3 heteroatoms. The number of rotatable bonds is 3. The van der Waals surface area contributed by atoms with Crippen molar-refractivity contribution in [2.24, 2.45) is 11.7 Å². The molecule has 1 aromatic carbocycles. The lowest BCUT2D eigenvalue weighted by Crippen LogP contribution is -2.36. The molecule has 2 N–H and O–H groups in total. The van der Waals surface area contributed by atoms with Gasteiger partial charge in [-0.2, -0.15) is 0 Å². The van der Waals surface area contributed by atoms with Crippen molar-refractivity contribution in [3.8, 4) is 0 Å². The van der Waals surface area contributed by atoms with E-state index < -0.39 is 0 Å². The van der Waals surface area contributed by atoms with Crippen LogP contribution in [-0.4, -0.2) is 13.1 Å². The van der Waals surface area contributed by atoms with Gasteiger partial charge in [-0.05, 0) is 55.9 Å². The summed E-state index contributed by atoms with van der Waals surface area (Å²) in [6.07, 6.45) is 3.73. The van der Waals surface area contributed by atoms with Gasteiger partial charge in [0.1, 0.15) is 5.82 Å². The predicted molar refractivity (Wildman–Crippen MR) is 79.0 cm³/mol. The molecule has 19 heavy (non-hydrogen) atoms. The normalized spacial score (nSPS) is 21.5. The zero-order valence-electron chi connectivity index (χ0n) is 12.2. The summed E-state index contributed by atoms with van der Waals surface area (Å²) in [6.45, 7) is 8.12. The number of aryl methyl sites for hydroxylation is 1. The van der Waals surface area contributed by atoms with Crippen LogP contribution < -0.4 is 10.6 Å². The summed E-state index contributed by atoms with van der Waals surface area (Å²) in [6, 6.07) is 3.45. The van der Waals surface area contributed by atoms with Gasteiger partial charge in [0.15, 0.2) is 0 Å². The molecule has 0 aliphatic carbocycles. The summed E-state index contributed by atoms with van der Waals surface area (Å²) < 4.78 is 13.8. The molecule has 0 radical (unpaired) electrons. The van der Waals surface area contributed by atoms with Crippen LogP contribution in [0, 0.1) is 18.7 Å². The maximum atomic E-state index is 13.8.